The Morgan fingerprint density at radius 1 is 1.00 bits per heavy atom. The van der Waals surface area contributed by atoms with E-state index in [4.69, 9.17) is 21.1 Å². The second-order valence-electron chi connectivity index (χ2n) is 3.33. The number of hydrogen-bond donors (Lipinski definition) is 0. The third-order valence-corrected chi connectivity index (χ3v) is 3.50. The van der Waals surface area contributed by atoms with Gasteiger partial charge in [0.2, 0.25) is 0 Å². The van der Waals surface area contributed by atoms with Gasteiger partial charge in [0.15, 0.2) is 0 Å². The minimum absolute atomic E-state index is 0.692. The van der Waals surface area contributed by atoms with Gasteiger partial charge in [-0.3, -0.25) is 0 Å². The third-order valence-electron chi connectivity index (χ3n) is 2.19. The summed E-state index contributed by atoms with van der Waals surface area (Å²) in [6.45, 7) is 0. The highest BCUT2D eigenvalue weighted by Gasteiger charge is 2.07. The van der Waals surface area contributed by atoms with Crippen molar-refractivity contribution in [1.82, 2.24) is 0 Å². The van der Waals surface area contributed by atoms with E-state index in [1.165, 1.54) is 0 Å². The van der Waals surface area contributed by atoms with Gasteiger partial charge in [-0.2, -0.15) is 0 Å². The lowest BCUT2D eigenvalue weighted by molar-refractivity contribution is 0.404. The maximum Gasteiger partial charge on any atom is 0.144 e. The fourth-order valence-electron chi connectivity index (χ4n) is 1.36. The lowest BCUT2D eigenvalue weighted by Gasteiger charge is -2.10. The van der Waals surface area contributed by atoms with Crippen LogP contribution in [0.15, 0.2) is 42.5 Å². The molecule has 0 atom stereocenters. The van der Waals surface area contributed by atoms with Gasteiger partial charge in [-0.25, -0.2) is 0 Å². The lowest BCUT2D eigenvalue weighted by Crippen LogP contribution is -1.91. The molecule has 0 radical (unpaired) electrons. The summed E-state index contributed by atoms with van der Waals surface area (Å²) in [6.07, 6.45) is 0. The Bertz CT molecular complexity index is 511. The van der Waals surface area contributed by atoms with E-state index in [9.17, 15) is 0 Å². The molecule has 0 spiro atoms. The fraction of sp³-hybridized carbons (Fsp3) is 0.0769. The van der Waals surface area contributed by atoms with Crippen molar-refractivity contribution < 1.29 is 9.47 Å². The van der Waals surface area contributed by atoms with Gasteiger partial charge >= 0.3 is 0 Å². The van der Waals surface area contributed by atoms with Crippen LogP contribution in [0.1, 0.15) is 0 Å². The minimum atomic E-state index is 0.692. The van der Waals surface area contributed by atoms with Crippen molar-refractivity contribution in [3.8, 4) is 17.2 Å². The molecule has 17 heavy (non-hydrogen) atoms. The normalized spacial score (nSPS) is 10.1. The Balaban J connectivity index is 2.27. The number of ether oxygens (including phenoxy) is 2. The monoisotopic (exact) mass is 360 g/mol. The summed E-state index contributed by atoms with van der Waals surface area (Å²) >= 11 is 8.01. The fourth-order valence-corrected chi connectivity index (χ4v) is 2.17. The molecule has 0 bridgehead atoms. The van der Waals surface area contributed by atoms with Crippen LogP contribution in [0.2, 0.25) is 5.02 Å². The Labute approximate surface area is 119 Å². The van der Waals surface area contributed by atoms with Crippen molar-refractivity contribution >= 4 is 34.2 Å². The number of methoxy groups -OCH3 is 1. The molecule has 0 fully saturated rings. The van der Waals surface area contributed by atoms with Crippen LogP contribution in [-0.4, -0.2) is 7.11 Å². The molecule has 2 aromatic carbocycles. The zero-order valence-corrected chi connectivity index (χ0v) is 12.0. The van der Waals surface area contributed by atoms with Gasteiger partial charge in [-0.1, -0.05) is 17.7 Å². The Kier molecular flexibility index (Phi) is 4.12. The SMILES string of the molecule is COc1cccc(Oc2ccc(Cl)cc2)c1I. The predicted molar refractivity (Wildman–Crippen MR) is 77.2 cm³/mol. The molecule has 0 aliphatic heterocycles. The second-order valence-corrected chi connectivity index (χ2v) is 4.84. The van der Waals surface area contributed by atoms with Crippen molar-refractivity contribution in [3.63, 3.8) is 0 Å². The Morgan fingerprint density at radius 3 is 2.29 bits per heavy atom. The summed E-state index contributed by atoms with van der Waals surface area (Å²) in [4.78, 5) is 0. The molecule has 0 saturated heterocycles. The molecule has 2 aromatic rings. The number of benzene rings is 2. The molecule has 0 aliphatic rings. The molecule has 0 saturated carbocycles. The standard InChI is InChI=1S/C13H10ClIO2/c1-16-11-3-2-4-12(13(11)15)17-10-7-5-9(14)6-8-10/h2-8H,1H3. The van der Waals surface area contributed by atoms with Crippen molar-refractivity contribution in [2.75, 3.05) is 7.11 Å². The second kappa shape index (κ2) is 5.60. The van der Waals surface area contributed by atoms with E-state index in [2.05, 4.69) is 22.6 Å². The van der Waals surface area contributed by atoms with Crippen molar-refractivity contribution in [2.24, 2.45) is 0 Å². The molecule has 0 aliphatic carbocycles. The molecule has 4 heteroatoms. The van der Waals surface area contributed by atoms with Crippen molar-refractivity contribution in [3.05, 3.63) is 51.1 Å². The van der Waals surface area contributed by atoms with E-state index in [0.29, 0.717) is 5.02 Å². The van der Waals surface area contributed by atoms with E-state index >= 15 is 0 Å². The van der Waals surface area contributed by atoms with Crippen LogP contribution in [0.4, 0.5) is 0 Å². The van der Waals surface area contributed by atoms with Crippen molar-refractivity contribution in [2.45, 2.75) is 0 Å². The molecule has 0 aromatic heterocycles. The number of rotatable bonds is 3. The van der Waals surface area contributed by atoms with E-state index in [0.717, 1.165) is 20.8 Å². The minimum Gasteiger partial charge on any atom is -0.496 e. The maximum atomic E-state index is 5.82. The highest BCUT2D eigenvalue weighted by molar-refractivity contribution is 14.1. The van der Waals surface area contributed by atoms with E-state index in [1.807, 2.05) is 30.3 Å². The number of hydrogen-bond acceptors (Lipinski definition) is 2. The molecule has 0 unspecified atom stereocenters. The van der Waals surface area contributed by atoms with Gasteiger partial charge in [0.1, 0.15) is 17.2 Å². The zero-order chi connectivity index (χ0) is 12.3. The molecule has 0 amide bonds. The lowest BCUT2D eigenvalue weighted by atomic mass is 10.3. The van der Waals surface area contributed by atoms with Crippen LogP contribution in [0.3, 0.4) is 0 Å². The van der Waals surface area contributed by atoms with Crippen LogP contribution >= 0.6 is 34.2 Å². The highest BCUT2D eigenvalue weighted by Crippen LogP contribution is 2.33. The molecular formula is C13H10ClIO2. The molecule has 0 heterocycles. The summed E-state index contributed by atoms with van der Waals surface area (Å²) in [5.74, 6) is 2.32. The molecule has 2 rings (SSSR count). The maximum absolute atomic E-state index is 5.82. The van der Waals surface area contributed by atoms with Crippen molar-refractivity contribution in [1.29, 1.82) is 0 Å². The quantitative estimate of drug-likeness (QED) is 0.736. The molecule has 0 N–H and O–H groups in total. The first-order chi connectivity index (χ1) is 8.20. The zero-order valence-electron chi connectivity index (χ0n) is 9.11. The first-order valence-electron chi connectivity index (χ1n) is 4.96. The summed E-state index contributed by atoms with van der Waals surface area (Å²) in [5, 5.41) is 0.692. The van der Waals surface area contributed by atoms with E-state index in [-0.39, 0.29) is 0 Å². The predicted octanol–water partition coefficient (Wildman–Crippen LogP) is 4.75. The van der Waals surface area contributed by atoms with E-state index in [1.54, 1.807) is 19.2 Å². The van der Waals surface area contributed by atoms with Gasteiger partial charge in [0.25, 0.3) is 0 Å². The van der Waals surface area contributed by atoms with Crippen LogP contribution in [0.25, 0.3) is 0 Å². The van der Waals surface area contributed by atoms with Gasteiger partial charge in [0, 0.05) is 5.02 Å². The summed E-state index contributed by atoms with van der Waals surface area (Å²) in [5.41, 5.74) is 0. The average molecular weight is 361 g/mol. The van der Waals surface area contributed by atoms with Crippen LogP contribution in [-0.2, 0) is 0 Å². The van der Waals surface area contributed by atoms with Gasteiger partial charge in [0.05, 0.1) is 10.7 Å². The Morgan fingerprint density at radius 2 is 1.65 bits per heavy atom. The largest absolute Gasteiger partial charge is 0.496 e. The molecular weight excluding hydrogens is 350 g/mol. The van der Waals surface area contributed by atoms with Gasteiger partial charge in [-0.05, 0) is 59.0 Å². The van der Waals surface area contributed by atoms with Crippen LogP contribution in [0.5, 0.6) is 17.2 Å². The van der Waals surface area contributed by atoms with Crippen LogP contribution in [0, 0.1) is 3.57 Å². The molecule has 2 nitrogen and oxygen atoms in total. The first kappa shape index (κ1) is 12.5. The smallest absolute Gasteiger partial charge is 0.144 e. The van der Waals surface area contributed by atoms with E-state index < -0.39 is 0 Å². The van der Waals surface area contributed by atoms with Gasteiger partial charge < -0.3 is 9.47 Å². The third kappa shape index (κ3) is 3.04. The number of halogens is 2. The highest BCUT2D eigenvalue weighted by atomic mass is 127. The topological polar surface area (TPSA) is 18.5 Å². The molecule has 88 valence electrons. The summed E-state index contributed by atoms with van der Waals surface area (Å²) < 4.78 is 11.9. The first-order valence-corrected chi connectivity index (χ1v) is 6.42. The Hall–Kier alpha value is -0.940. The van der Waals surface area contributed by atoms with Crippen LogP contribution < -0.4 is 9.47 Å². The summed E-state index contributed by atoms with van der Waals surface area (Å²) in [7, 11) is 1.64. The average Bonchev–Trinajstić information content (AvgIpc) is 2.35. The van der Waals surface area contributed by atoms with Gasteiger partial charge in [-0.15, -0.1) is 0 Å². The summed E-state index contributed by atoms with van der Waals surface area (Å²) in [6, 6.07) is 12.9.